The second-order valence-corrected chi connectivity index (χ2v) is 7.16. The van der Waals surface area contributed by atoms with Crippen LogP contribution in [0.15, 0.2) is 34.7 Å². The Morgan fingerprint density at radius 2 is 2.11 bits per heavy atom. The number of nitrogens with zero attached hydrogens (tertiary/aromatic N) is 1. The number of aliphatic hydroxyl groups excluding tert-OH is 1. The van der Waals surface area contributed by atoms with E-state index in [1.165, 1.54) is 17.9 Å². The minimum Gasteiger partial charge on any atom is -0.457 e. The van der Waals surface area contributed by atoms with E-state index in [0.717, 1.165) is 0 Å². The predicted molar refractivity (Wildman–Crippen MR) is 102 cm³/mol. The molecule has 2 aromatic rings. The van der Waals surface area contributed by atoms with Crippen molar-refractivity contribution in [3.05, 3.63) is 58.0 Å². The maximum Gasteiger partial charge on any atom is 0.258 e. The number of nitrogens with one attached hydrogen (secondary N) is 1. The Balaban J connectivity index is 1.74. The third-order valence-electron chi connectivity index (χ3n) is 4.82. The first-order valence-corrected chi connectivity index (χ1v) is 9.31. The Hall–Kier alpha value is -2.64. The number of hydrogen-bond donors (Lipinski definition) is 2. The molecule has 0 radical (unpaired) electrons. The fourth-order valence-electron chi connectivity index (χ4n) is 3.21. The van der Waals surface area contributed by atoms with Gasteiger partial charge in [-0.15, -0.1) is 0 Å². The SMILES string of the molecule is CC(=O)c1cc2c(o1)CCN([C@H](C)C(=O)N[C@H](CO)c1cccc(Cl)c1)C2=O. The van der Waals surface area contributed by atoms with Crippen LogP contribution in [0.5, 0.6) is 0 Å². The third kappa shape index (κ3) is 3.95. The van der Waals surface area contributed by atoms with E-state index in [2.05, 4.69) is 5.32 Å². The van der Waals surface area contributed by atoms with E-state index < -0.39 is 18.0 Å². The highest BCUT2D eigenvalue weighted by atomic mass is 35.5. The van der Waals surface area contributed by atoms with Crippen molar-refractivity contribution >= 4 is 29.2 Å². The van der Waals surface area contributed by atoms with Crippen LogP contribution in [0, 0.1) is 0 Å². The molecular weight excluding hydrogens is 384 g/mol. The van der Waals surface area contributed by atoms with Crippen molar-refractivity contribution in [3.8, 4) is 0 Å². The molecule has 1 aliphatic heterocycles. The van der Waals surface area contributed by atoms with Gasteiger partial charge in [-0.25, -0.2) is 0 Å². The molecule has 0 aliphatic carbocycles. The van der Waals surface area contributed by atoms with Gasteiger partial charge in [0.05, 0.1) is 18.2 Å². The van der Waals surface area contributed by atoms with Gasteiger partial charge < -0.3 is 19.7 Å². The lowest BCUT2D eigenvalue weighted by Gasteiger charge is -2.32. The van der Waals surface area contributed by atoms with Crippen LogP contribution < -0.4 is 5.32 Å². The first-order chi connectivity index (χ1) is 13.3. The van der Waals surface area contributed by atoms with Crippen LogP contribution in [0.3, 0.4) is 0 Å². The largest absolute Gasteiger partial charge is 0.457 e. The number of Topliss-reactive ketones (excluding diaryl/α,β-unsaturated/α-hetero) is 1. The minimum atomic E-state index is -0.760. The average Bonchev–Trinajstić information content (AvgIpc) is 3.11. The number of rotatable bonds is 6. The highest BCUT2D eigenvalue weighted by Crippen LogP contribution is 2.25. The summed E-state index contributed by atoms with van der Waals surface area (Å²) < 4.78 is 5.43. The van der Waals surface area contributed by atoms with E-state index >= 15 is 0 Å². The normalized spacial score (nSPS) is 15.7. The zero-order chi connectivity index (χ0) is 20.4. The molecule has 2 atom stereocenters. The zero-order valence-corrected chi connectivity index (χ0v) is 16.3. The number of aliphatic hydroxyl groups is 1. The standard InChI is InChI=1S/C20H21ClN2O5/c1-11(19(26)22-16(10-24)13-4-3-5-14(21)8-13)23-7-6-17-15(20(23)27)9-18(28-17)12(2)25/h3-5,8-9,11,16,24H,6-7,10H2,1-2H3,(H,22,26)/t11-,16-/m1/s1. The van der Waals surface area contributed by atoms with Gasteiger partial charge in [0.2, 0.25) is 5.91 Å². The summed E-state index contributed by atoms with van der Waals surface area (Å²) in [6, 6.07) is 6.89. The lowest BCUT2D eigenvalue weighted by molar-refractivity contribution is -0.126. The molecular formula is C20H21ClN2O5. The topological polar surface area (TPSA) is 99.8 Å². The smallest absolute Gasteiger partial charge is 0.258 e. The van der Waals surface area contributed by atoms with Gasteiger partial charge in [-0.1, -0.05) is 23.7 Å². The van der Waals surface area contributed by atoms with E-state index in [-0.39, 0.29) is 24.1 Å². The number of halogens is 1. The van der Waals surface area contributed by atoms with E-state index in [9.17, 15) is 19.5 Å². The fraction of sp³-hybridized carbons (Fsp3) is 0.350. The molecule has 0 unspecified atom stereocenters. The number of carbonyl (C=O) groups excluding carboxylic acids is 3. The number of ketones is 1. The molecule has 1 aliphatic rings. The lowest BCUT2D eigenvalue weighted by atomic mass is 10.0. The van der Waals surface area contributed by atoms with Crippen LogP contribution in [-0.4, -0.2) is 46.8 Å². The van der Waals surface area contributed by atoms with Crippen molar-refractivity contribution in [2.45, 2.75) is 32.4 Å². The molecule has 0 fully saturated rings. The van der Waals surface area contributed by atoms with E-state index in [1.54, 1.807) is 31.2 Å². The number of fused-ring (bicyclic) bond motifs is 1. The first-order valence-electron chi connectivity index (χ1n) is 8.93. The van der Waals surface area contributed by atoms with Gasteiger partial charge in [0.25, 0.3) is 5.91 Å². The number of furan rings is 1. The molecule has 0 spiro atoms. The van der Waals surface area contributed by atoms with Crippen LogP contribution in [0.4, 0.5) is 0 Å². The Kier molecular flexibility index (Phi) is 5.86. The number of amides is 2. The van der Waals surface area contributed by atoms with Crippen molar-refractivity contribution in [3.63, 3.8) is 0 Å². The summed E-state index contributed by atoms with van der Waals surface area (Å²) in [5.41, 5.74) is 0.980. The van der Waals surface area contributed by atoms with Crippen LogP contribution in [0.2, 0.25) is 5.02 Å². The van der Waals surface area contributed by atoms with Gasteiger partial charge in [-0.05, 0) is 24.6 Å². The van der Waals surface area contributed by atoms with Crippen LogP contribution >= 0.6 is 11.6 Å². The highest BCUT2D eigenvalue weighted by Gasteiger charge is 2.34. The van der Waals surface area contributed by atoms with Gasteiger partial charge >= 0.3 is 0 Å². The van der Waals surface area contributed by atoms with Crippen molar-refractivity contribution in [1.82, 2.24) is 10.2 Å². The molecule has 1 aromatic heterocycles. The molecule has 7 nitrogen and oxygen atoms in total. The number of carbonyl (C=O) groups is 3. The van der Waals surface area contributed by atoms with Gasteiger partial charge in [0.1, 0.15) is 11.8 Å². The van der Waals surface area contributed by atoms with E-state index in [4.69, 9.17) is 16.0 Å². The highest BCUT2D eigenvalue weighted by molar-refractivity contribution is 6.30. The maximum atomic E-state index is 12.8. The van der Waals surface area contributed by atoms with Gasteiger partial charge in [0, 0.05) is 31.0 Å². The molecule has 2 N–H and O–H groups in total. The summed E-state index contributed by atoms with van der Waals surface area (Å²) in [4.78, 5) is 38.4. The molecule has 2 amide bonds. The molecule has 148 valence electrons. The summed E-state index contributed by atoms with van der Waals surface area (Å²) >= 11 is 5.98. The molecule has 1 aromatic carbocycles. The third-order valence-corrected chi connectivity index (χ3v) is 5.06. The molecule has 0 bridgehead atoms. The summed E-state index contributed by atoms with van der Waals surface area (Å²) in [5, 5.41) is 12.9. The number of hydrogen-bond acceptors (Lipinski definition) is 5. The molecule has 0 saturated heterocycles. The average molecular weight is 405 g/mol. The fourth-order valence-corrected chi connectivity index (χ4v) is 3.41. The molecule has 0 saturated carbocycles. The van der Waals surface area contributed by atoms with Gasteiger partial charge in [0.15, 0.2) is 11.5 Å². The quantitative estimate of drug-likeness (QED) is 0.720. The second kappa shape index (κ2) is 8.16. The van der Waals surface area contributed by atoms with E-state index in [1.807, 2.05) is 0 Å². The Morgan fingerprint density at radius 1 is 1.36 bits per heavy atom. The van der Waals surface area contributed by atoms with E-state index in [0.29, 0.717) is 34.9 Å². The lowest BCUT2D eigenvalue weighted by Crippen LogP contribution is -2.51. The van der Waals surface area contributed by atoms with Gasteiger partial charge in [-0.2, -0.15) is 0 Å². The summed E-state index contributed by atoms with van der Waals surface area (Å²) in [5.74, 6) is -0.411. The molecule has 8 heteroatoms. The zero-order valence-electron chi connectivity index (χ0n) is 15.6. The molecule has 2 heterocycles. The number of benzene rings is 1. The minimum absolute atomic E-state index is 0.138. The van der Waals surface area contributed by atoms with Crippen molar-refractivity contribution in [1.29, 1.82) is 0 Å². The summed E-state index contributed by atoms with van der Waals surface area (Å²) in [7, 11) is 0. The first kappa shape index (κ1) is 20.1. The van der Waals surface area contributed by atoms with Gasteiger partial charge in [-0.3, -0.25) is 14.4 Å². The Morgan fingerprint density at radius 3 is 2.75 bits per heavy atom. The molecule has 3 rings (SSSR count). The van der Waals surface area contributed by atoms with Crippen LogP contribution in [0.1, 0.15) is 52.1 Å². The maximum absolute atomic E-state index is 12.8. The second-order valence-electron chi connectivity index (χ2n) is 6.73. The molecule has 28 heavy (non-hydrogen) atoms. The summed E-state index contributed by atoms with van der Waals surface area (Å²) in [6.07, 6.45) is 0.420. The monoisotopic (exact) mass is 404 g/mol. The van der Waals surface area contributed by atoms with Crippen molar-refractivity contribution in [2.75, 3.05) is 13.2 Å². The van der Waals surface area contributed by atoms with Crippen molar-refractivity contribution in [2.24, 2.45) is 0 Å². The van der Waals surface area contributed by atoms with Crippen LogP contribution in [-0.2, 0) is 11.2 Å². The van der Waals surface area contributed by atoms with Crippen molar-refractivity contribution < 1.29 is 23.9 Å². The van der Waals surface area contributed by atoms with Crippen LogP contribution in [0.25, 0.3) is 0 Å². The Labute approximate surface area is 167 Å². The summed E-state index contributed by atoms with van der Waals surface area (Å²) in [6.45, 7) is 2.98. The Bertz CT molecular complexity index is 923. The predicted octanol–water partition coefficient (Wildman–Crippen LogP) is 2.37.